The van der Waals surface area contributed by atoms with Crippen LogP contribution in [0, 0.1) is 5.82 Å². The summed E-state index contributed by atoms with van der Waals surface area (Å²) in [7, 11) is 1.35. The van der Waals surface area contributed by atoms with Crippen LogP contribution in [0.15, 0.2) is 12.1 Å². The maximum atomic E-state index is 14.1. The highest BCUT2D eigenvalue weighted by Crippen LogP contribution is 2.43. The van der Waals surface area contributed by atoms with Gasteiger partial charge in [-0.2, -0.15) is 0 Å². The summed E-state index contributed by atoms with van der Waals surface area (Å²) in [6.07, 6.45) is 3.30. The molecule has 0 spiro atoms. The molecule has 4 nitrogen and oxygen atoms in total. The van der Waals surface area contributed by atoms with Gasteiger partial charge in [-0.15, -0.1) is 0 Å². The summed E-state index contributed by atoms with van der Waals surface area (Å²) in [4.78, 5) is 11.6. The summed E-state index contributed by atoms with van der Waals surface area (Å²) in [5.41, 5.74) is -1.10. The summed E-state index contributed by atoms with van der Waals surface area (Å²) in [5.74, 6) is -1.93. The fourth-order valence-corrected chi connectivity index (χ4v) is 2.83. The van der Waals surface area contributed by atoms with E-state index in [-0.39, 0.29) is 17.1 Å². The van der Waals surface area contributed by atoms with Gasteiger partial charge in [-0.25, -0.2) is 4.39 Å². The maximum Gasteiger partial charge on any atom is 0.314 e. The third kappa shape index (κ3) is 2.25. The number of carboxylic acid groups (broad SMARTS) is 1. The van der Waals surface area contributed by atoms with Crippen molar-refractivity contribution in [3.8, 4) is 11.5 Å². The van der Waals surface area contributed by atoms with Gasteiger partial charge >= 0.3 is 5.97 Å². The van der Waals surface area contributed by atoms with Gasteiger partial charge in [0.05, 0.1) is 12.5 Å². The Kier molecular flexibility index (Phi) is 3.64. The molecule has 0 aromatic heterocycles. The number of hydrogen-bond acceptors (Lipinski definition) is 3. The molecule has 1 aliphatic rings. The number of hydrogen-bond donors (Lipinski definition) is 2. The third-order valence-electron chi connectivity index (χ3n) is 3.90. The summed E-state index contributed by atoms with van der Waals surface area (Å²) >= 11 is 0. The Morgan fingerprint density at radius 3 is 2.47 bits per heavy atom. The first-order valence-electron chi connectivity index (χ1n) is 6.31. The van der Waals surface area contributed by atoms with Crippen molar-refractivity contribution in [2.24, 2.45) is 0 Å². The molecule has 0 saturated heterocycles. The van der Waals surface area contributed by atoms with Crippen LogP contribution in [0.4, 0.5) is 4.39 Å². The van der Waals surface area contributed by atoms with E-state index < -0.39 is 17.2 Å². The van der Waals surface area contributed by atoms with Crippen LogP contribution < -0.4 is 4.74 Å². The SMILES string of the molecule is COc1cc(C2(C(=O)O)CCCCC2)c(F)cc1O. The number of rotatable bonds is 3. The second kappa shape index (κ2) is 5.07. The number of halogens is 1. The van der Waals surface area contributed by atoms with Crippen LogP contribution in [0.1, 0.15) is 37.7 Å². The number of aliphatic carboxylic acids is 1. The van der Waals surface area contributed by atoms with E-state index in [1.807, 2.05) is 0 Å². The van der Waals surface area contributed by atoms with Gasteiger partial charge < -0.3 is 14.9 Å². The Hall–Kier alpha value is -1.78. The fourth-order valence-electron chi connectivity index (χ4n) is 2.83. The highest BCUT2D eigenvalue weighted by atomic mass is 19.1. The van der Waals surface area contributed by atoms with Crippen LogP contribution in [0.3, 0.4) is 0 Å². The molecule has 0 radical (unpaired) electrons. The van der Waals surface area contributed by atoms with Crippen molar-refractivity contribution in [3.63, 3.8) is 0 Å². The first kappa shape index (κ1) is 13.6. The zero-order valence-corrected chi connectivity index (χ0v) is 10.8. The first-order valence-corrected chi connectivity index (χ1v) is 6.31. The predicted octanol–water partition coefficient (Wildman–Crippen LogP) is 2.83. The van der Waals surface area contributed by atoms with E-state index in [4.69, 9.17) is 4.74 Å². The van der Waals surface area contributed by atoms with Gasteiger partial charge in [0.25, 0.3) is 0 Å². The topological polar surface area (TPSA) is 66.8 Å². The van der Waals surface area contributed by atoms with Crippen molar-refractivity contribution >= 4 is 5.97 Å². The normalized spacial score (nSPS) is 18.0. The molecule has 19 heavy (non-hydrogen) atoms. The molecule has 2 N–H and O–H groups in total. The molecule has 0 unspecified atom stereocenters. The van der Waals surface area contributed by atoms with Gasteiger partial charge in [0.15, 0.2) is 11.5 Å². The third-order valence-corrected chi connectivity index (χ3v) is 3.90. The van der Waals surface area contributed by atoms with Crippen molar-refractivity contribution < 1.29 is 24.1 Å². The molecule has 0 amide bonds. The van der Waals surface area contributed by atoms with E-state index in [0.29, 0.717) is 12.8 Å². The smallest absolute Gasteiger partial charge is 0.314 e. The Morgan fingerprint density at radius 1 is 1.32 bits per heavy atom. The minimum atomic E-state index is -1.21. The van der Waals surface area contributed by atoms with E-state index in [1.165, 1.54) is 13.2 Å². The maximum absolute atomic E-state index is 14.1. The molecule has 1 fully saturated rings. The average Bonchev–Trinajstić information content (AvgIpc) is 2.39. The zero-order valence-electron chi connectivity index (χ0n) is 10.8. The molecule has 1 aliphatic carbocycles. The number of carboxylic acids is 1. The molecule has 0 heterocycles. The van der Waals surface area contributed by atoms with Crippen molar-refractivity contribution in [3.05, 3.63) is 23.5 Å². The van der Waals surface area contributed by atoms with Crippen LogP contribution in [-0.4, -0.2) is 23.3 Å². The summed E-state index contributed by atoms with van der Waals surface area (Å²) < 4.78 is 19.0. The molecule has 0 aliphatic heterocycles. The highest BCUT2D eigenvalue weighted by molar-refractivity contribution is 5.82. The largest absolute Gasteiger partial charge is 0.504 e. The molecule has 1 aromatic rings. The lowest BCUT2D eigenvalue weighted by atomic mass is 9.69. The first-order chi connectivity index (χ1) is 9.01. The van der Waals surface area contributed by atoms with Crippen molar-refractivity contribution in [1.29, 1.82) is 0 Å². The van der Waals surface area contributed by atoms with E-state index >= 15 is 0 Å². The molecule has 5 heteroatoms. The number of ether oxygens (including phenoxy) is 1. The quantitative estimate of drug-likeness (QED) is 0.884. The van der Waals surface area contributed by atoms with Gasteiger partial charge in [-0.1, -0.05) is 19.3 Å². The van der Waals surface area contributed by atoms with Gasteiger partial charge in [-0.05, 0) is 18.9 Å². The molecule has 0 atom stereocenters. The van der Waals surface area contributed by atoms with Crippen LogP contribution in [0.25, 0.3) is 0 Å². The Labute approximate surface area is 110 Å². The molecule has 1 aromatic carbocycles. The molecular formula is C14H17FO4. The van der Waals surface area contributed by atoms with Crippen LogP contribution in [0.5, 0.6) is 11.5 Å². The number of phenols is 1. The number of benzene rings is 1. The summed E-state index contributed by atoms with van der Waals surface area (Å²) in [6.45, 7) is 0. The van der Waals surface area contributed by atoms with Crippen LogP contribution in [-0.2, 0) is 10.2 Å². The lowest BCUT2D eigenvalue weighted by Crippen LogP contribution is -2.38. The minimum Gasteiger partial charge on any atom is -0.504 e. The van der Waals surface area contributed by atoms with E-state index in [2.05, 4.69) is 0 Å². The zero-order chi connectivity index (χ0) is 14.0. The van der Waals surface area contributed by atoms with Gasteiger partial charge in [0, 0.05) is 11.6 Å². The minimum absolute atomic E-state index is 0.0996. The monoisotopic (exact) mass is 268 g/mol. The number of phenolic OH excluding ortho intramolecular Hbond substituents is 1. The predicted molar refractivity (Wildman–Crippen MR) is 67.0 cm³/mol. The van der Waals surface area contributed by atoms with E-state index in [0.717, 1.165) is 25.3 Å². The lowest BCUT2D eigenvalue weighted by Gasteiger charge is -2.34. The summed E-state index contributed by atoms with van der Waals surface area (Å²) in [6, 6.07) is 2.23. The van der Waals surface area contributed by atoms with Gasteiger partial charge in [-0.3, -0.25) is 4.79 Å². The highest BCUT2D eigenvalue weighted by Gasteiger charge is 2.43. The van der Waals surface area contributed by atoms with Crippen LogP contribution >= 0.6 is 0 Å². The number of methoxy groups -OCH3 is 1. The van der Waals surface area contributed by atoms with Gasteiger partial charge in [0.1, 0.15) is 5.82 Å². The number of carbonyl (C=O) groups is 1. The summed E-state index contributed by atoms with van der Waals surface area (Å²) in [5, 5.41) is 19.1. The lowest BCUT2D eigenvalue weighted by molar-refractivity contribution is -0.145. The van der Waals surface area contributed by atoms with E-state index in [1.54, 1.807) is 0 Å². The van der Waals surface area contributed by atoms with E-state index in [9.17, 15) is 19.4 Å². The van der Waals surface area contributed by atoms with Crippen molar-refractivity contribution in [1.82, 2.24) is 0 Å². The van der Waals surface area contributed by atoms with Crippen molar-refractivity contribution in [2.45, 2.75) is 37.5 Å². The van der Waals surface area contributed by atoms with Crippen LogP contribution in [0.2, 0.25) is 0 Å². The van der Waals surface area contributed by atoms with Crippen molar-refractivity contribution in [2.75, 3.05) is 7.11 Å². The fraction of sp³-hybridized carbons (Fsp3) is 0.500. The Bertz CT molecular complexity index is 492. The molecule has 2 rings (SSSR count). The molecule has 0 bridgehead atoms. The van der Waals surface area contributed by atoms with Gasteiger partial charge in [0.2, 0.25) is 0 Å². The second-order valence-corrected chi connectivity index (χ2v) is 4.95. The molecule has 104 valence electrons. The second-order valence-electron chi connectivity index (χ2n) is 4.95. The number of aromatic hydroxyl groups is 1. The average molecular weight is 268 g/mol. The molecular weight excluding hydrogens is 251 g/mol. The molecule has 1 saturated carbocycles. The standard InChI is InChI=1S/C14H17FO4/c1-19-12-7-9(10(15)8-11(12)16)14(13(17)18)5-3-2-4-6-14/h7-8,16H,2-6H2,1H3,(H,17,18). The Morgan fingerprint density at radius 2 is 1.95 bits per heavy atom. The Balaban J connectivity index is 2.56.